The molecule has 34 heavy (non-hydrogen) atoms. The van der Waals surface area contributed by atoms with E-state index in [1.165, 1.54) is 11.1 Å². The fraction of sp³-hybridized carbons (Fsp3) is 0.480. The van der Waals surface area contributed by atoms with E-state index in [1.54, 1.807) is 13.1 Å². The first-order valence-electron chi connectivity index (χ1n) is 11.3. The van der Waals surface area contributed by atoms with Gasteiger partial charge >= 0.3 is 13.2 Å². The van der Waals surface area contributed by atoms with Crippen LogP contribution in [0.1, 0.15) is 59.7 Å². The number of rotatable bonds is 5. The lowest BCUT2D eigenvalue weighted by atomic mass is 9.77. The summed E-state index contributed by atoms with van der Waals surface area (Å²) in [5.74, 6) is 0.625. The highest BCUT2D eigenvalue weighted by Crippen LogP contribution is 2.37. The molecule has 1 aromatic heterocycles. The van der Waals surface area contributed by atoms with Crippen molar-refractivity contribution in [3.05, 3.63) is 41.6 Å². The van der Waals surface area contributed by atoms with Gasteiger partial charge in [-0.2, -0.15) is 0 Å². The molecule has 1 aliphatic heterocycles. The maximum atomic E-state index is 12.9. The highest BCUT2D eigenvalue weighted by Gasteiger charge is 2.52. The molecule has 8 nitrogen and oxygen atoms in total. The van der Waals surface area contributed by atoms with E-state index in [0.29, 0.717) is 28.2 Å². The number of amides is 1. The number of carbonyl (C=O) groups is 1. The number of ether oxygens (including phenoxy) is 1. The van der Waals surface area contributed by atoms with Gasteiger partial charge in [0.1, 0.15) is 11.4 Å². The molecule has 1 aliphatic rings. The molecule has 0 atom stereocenters. The Morgan fingerprint density at radius 3 is 2.32 bits per heavy atom. The van der Waals surface area contributed by atoms with Crippen molar-refractivity contribution in [2.24, 2.45) is 0 Å². The molecule has 0 bridgehead atoms. The molecule has 0 unspecified atom stereocenters. The average molecular weight is 466 g/mol. The molecule has 1 amide bonds. The topological polar surface area (TPSA) is 96.8 Å². The average Bonchev–Trinajstić information content (AvgIpc) is 2.92. The number of nitrogens with zero attached hydrogens (tertiary/aromatic N) is 2. The van der Waals surface area contributed by atoms with Gasteiger partial charge in [0.15, 0.2) is 0 Å². The standard InChI is InChI=1S/C25H35BN4O4/c1-16-11-10-12-21(28-16)29-19-13-17(26-33-24(5,6)25(7,8)34-26)14-20(18(19)15-27)30(9)22(31)32-23(2,3)4/h10-15,27H,1-9H3,(H,28,29). The van der Waals surface area contributed by atoms with Gasteiger partial charge < -0.3 is 24.8 Å². The van der Waals surface area contributed by atoms with Gasteiger partial charge in [-0.3, -0.25) is 4.90 Å². The van der Waals surface area contributed by atoms with Crippen molar-refractivity contribution in [3.8, 4) is 0 Å². The van der Waals surface area contributed by atoms with E-state index in [4.69, 9.17) is 19.5 Å². The summed E-state index contributed by atoms with van der Waals surface area (Å²) in [5, 5.41) is 11.4. The van der Waals surface area contributed by atoms with Crippen LogP contribution in [0.3, 0.4) is 0 Å². The van der Waals surface area contributed by atoms with Crippen LogP contribution in [0.4, 0.5) is 22.0 Å². The van der Waals surface area contributed by atoms with Gasteiger partial charge in [-0.15, -0.1) is 0 Å². The predicted molar refractivity (Wildman–Crippen MR) is 137 cm³/mol. The second-order valence-electron chi connectivity index (χ2n) is 10.6. The van der Waals surface area contributed by atoms with Gasteiger partial charge in [-0.05, 0) is 85.1 Å². The largest absolute Gasteiger partial charge is 0.494 e. The molecule has 1 saturated heterocycles. The Morgan fingerprint density at radius 2 is 1.79 bits per heavy atom. The summed E-state index contributed by atoms with van der Waals surface area (Å²) >= 11 is 0. The van der Waals surface area contributed by atoms with Crippen LogP contribution in [0.25, 0.3) is 0 Å². The maximum absolute atomic E-state index is 12.9. The Balaban J connectivity index is 2.12. The number of anilines is 3. The normalized spacial score (nSPS) is 16.8. The van der Waals surface area contributed by atoms with Crippen molar-refractivity contribution in [1.29, 1.82) is 5.41 Å². The van der Waals surface area contributed by atoms with E-state index in [-0.39, 0.29) is 0 Å². The lowest BCUT2D eigenvalue weighted by Gasteiger charge is -2.32. The van der Waals surface area contributed by atoms with Crippen molar-refractivity contribution in [2.75, 3.05) is 17.3 Å². The molecule has 2 N–H and O–H groups in total. The molecule has 9 heteroatoms. The predicted octanol–water partition coefficient (Wildman–Crippen LogP) is 4.80. The molecule has 1 aromatic carbocycles. The second kappa shape index (κ2) is 9.04. The van der Waals surface area contributed by atoms with Crippen molar-refractivity contribution in [2.45, 2.75) is 72.2 Å². The molecule has 1 fully saturated rings. The first kappa shape index (κ1) is 25.7. The van der Waals surface area contributed by atoms with E-state index in [0.717, 1.165) is 5.69 Å². The Labute approximate surface area is 202 Å². The zero-order valence-corrected chi connectivity index (χ0v) is 21.6. The van der Waals surface area contributed by atoms with Crippen LogP contribution in [0.15, 0.2) is 30.3 Å². The third kappa shape index (κ3) is 5.42. The number of hydrogen-bond acceptors (Lipinski definition) is 7. The fourth-order valence-electron chi connectivity index (χ4n) is 3.49. The third-order valence-corrected chi connectivity index (χ3v) is 6.03. The van der Waals surface area contributed by atoms with Crippen LogP contribution in [0.2, 0.25) is 0 Å². The highest BCUT2D eigenvalue weighted by molar-refractivity contribution is 6.62. The molecule has 2 aromatic rings. The second-order valence-corrected chi connectivity index (χ2v) is 10.6. The SMILES string of the molecule is Cc1cccc(Nc2cc(B3OC(C)(C)C(C)(C)O3)cc(N(C)C(=O)OC(C)(C)C)c2C=N)n1. The Hall–Kier alpha value is -2.91. The molecule has 3 rings (SSSR count). The monoisotopic (exact) mass is 466 g/mol. The van der Waals surface area contributed by atoms with Crippen LogP contribution in [0.5, 0.6) is 0 Å². The number of nitrogens with one attached hydrogen (secondary N) is 2. The van der Waals surface area contributed by atoms with E-state index in [9.17, 15) is 4.79 Å². The van der Waals surface area contributed by atoms with Gasteiger partial charge in [-0.25, -0.2) is 9.78 Å². The van der Waals surface area contributed by atoms with E-state index >= 15 is 0 Å². The Bertz CT molecular complexity index is 1080. The molecule has 0 saturated carbocycles. The van der Waals surface area contributed by atoms with Crippen LogP contribution < -0.4 is 15.7 Å². The summed E-state index contributed by atoms with van der Waals surface area (Å²) in [5.41, 5.74) is 1.46. The van der Waals surface area contributed by atoms with E-state index < -0.39 is 30.0 Å². The van der Waals surface area contributed by atoms with Gasteiger partial charge in [0.05, 0.1) is 22.6 Å². The molecule has 0 aliphatic carbocycles. The van der Waals surface area contributed by atoms with Crippen molar-refractivity contribution in [3.63, 3.8) is 0 Å². The van der Waals surface area contributed by atoms with E-state index in [1.807, 2.05) is 79.7 Å². The lowest BCUT2D eigenvalue weighted by Crippen LogP contribution is -2.41. The minimum absolute atomic E-state index is 0.492. The Morgan fingerprint density at radius 1 is 1.18 bits per heavy atom. The third-order valence-electron chi connectivity index (χ3n) is 6.03. The van der Waals surface area contributed by atoms with Gasteiger partial charge in [0.2, 0.25) is 0 Å². The molecule has 0 spiro atoms. The number of aromatic nitrogens is 1. The van der Waals surface area contributed by atoms with Crippen LogP contribution in [-0.4, -0.2) is 48.3 Å². The first-order valence-corrected chi connectivity index (χ1v) is 11.3. The number of carbonyl (C=O) groups excluding carboxylic acids is 1. The zero-order chi connectivity index (χ0) is 25.5. The summed E-state index contributed by atoms with van der Waals surface area (Å²) in [6.45, 7) is 15.3. The summed E-state index contributed by atoms with van der Waals surface area (Å²) in [6.07, 6.45) is 0.684. The highest BCUT2D eigenvalue weighted by atomic mass is 16.7. The molecule has 182 valence electrons. The fourth-order valence-corrected chi connectivity index (χ4v) is 3.49. The number of aryl methyl sites for hydroxylation is 1. The molecular formula is C25H35BN4O4. The number of hydrogen-bond donors (Lipinski definition) is 2. The van der Waals surface area contributed by atoms with E-state index in [2.05, 4.69) is 10.3 Å². The smallest absolute Gasteiger partial charge is 0.443 e. The van der Waals surface area contributed by atoms with Crippen molar-refractivity contribution in [1.82, 2.24) is 4.98 Å². The van der Waals surface area contributed by atoms with Crippen molar-refractivity contribution >= 4 is 42.1 Å². The summed E-state index contributed by atoms with van der Waals surface area (Å²) in [7, 11) is 0.973. The van der Waals surface area contributed by atoms with Gasteiger partial charge in [-0.1, -0.05) is 6.07 Å². The molecular weight excluding hydrogens is 431 g/mol. The van der Waals surface area contributed by atoms with Crippen LogP contribution in [-0.2, 0) is 14.0 Å². The van der Waals surface area contributed by atoms with Gasteiger partial charge in [0.25, 0.3) is 0 Å². The van der Waals surface area contributed by atoms with Crippen LogP contribution >= 0.6 is 0 Å². The lowest BCUT2D eigenvalue weighted by molar-refractivity contribution is 0.00578. The van der Waals surface area contributed by atoms with Gasteiger partial charge in [0, 0.05) is 24.5 Å². The Kier molecular flexibility index (Phi) is 6.83. The summed E-state index contributed by atoms with van der Waals surface area (Å²) in [4.78, 5) is 18.8. The minimum Gasteiger partial charge on any atom is -0.443 e. The quantitative estimate of drug-likeness (QED) is 0.485. The van der Waals surface area contributed by atoms with Crippen LogP contribution in [0, 0.1) is 12.3 Å². The molecule has 2 heterocycles. The first-order chi connectivity index (χ1) is 15.6. The summed E-state index contributed by atoms with van der Waals surface area (Å²) < 4.78 is 18.1. The number of benzene rings is 1. The van der Waals surface area contributed by atoms with Crippen molar-refractivity contribution < 1.29 is 18.8 Å². The molecule has 0 radical (unpaired) electrons. The number of pyridine rings is 1. The minimum atomic E-state index is -0.661. The summed E-state index contributed by atoms with van der Waals surface area (Å²) in [6, 6.07) is 9.34. The maximum Gasteiger partial charge on any atom is 0.494 e. The zero-order valence-electron chi connectivity index (χ0n) is 21.6.